The summed E-state index contributed by atoms with van der Waals surface area (Å²) < 4.78 is 1.06. The highest BCUT2D eigenvalue weighted by atomic mass is 79.9. The molecule has 0 atom stereocenters. The van der Waals surface area contributed by atoms with Crippen LogP contribution in [0.1, 0.15) is 12.8 Å². The first-order valence-corrected chi connectivity index (χ1v) is 11.2. The number of amides is 3. The molecule has 0 radical (unpaired) electrons. The molecule has 0 bridgehead atoms. The second-order valence-electron chi connectivity index (χ2n) is 6.65. The van der Waals surface area contributed by atoms with Gasteiger partial charge in [0.15, 0.2) is 0 Å². The number of anilines is 1. The smallest absolute Gasteiger partial charge is 0.321 e. The first-order chi connectivity index (χ1) is 13.6. The van der Waals surface area contributed by atoms with Gasteiger partial charge in [-0.3, -0.25) is 4.79 Å². The molecule has 1 saturated heterocycles. The molecule has 0 aromatic heterocycles. The molecule has 1 heterocycles. The van der Waals surface area contributed by atoms with Crippen molar-refractivity contribution in [2.24, 2.45) is 5.92 Å². The van der Waals surface area contributed by atoms with E-state index in [1.165, 1.54) is 4.90 Å². The van der Waals surface area contributed by atoms with Crippen LogP contribution in [0.5, 0.6) is 0 Å². The number of para-hydroxylation sites is 1. The Morgan fingerprint density at radius 2 is 1.71 bits per heavy atom. The number of nitrogens with one attached hydrogen (secondary N) is 2. The molecular formula is C21H24BrN3O2S. The summed E-state index contributed by atoms with van der Waals surface area (Å²) in [6.07, 6.45) is 1.40. The average Bonchev–Trinajstić information content (AvgIpc) is 2.73. The Bertz CT molecular complexity index is 778. The van der Waals surface area contributed by atoms with Crippen molar-refractivity contribution >= 4 is 45.3 Å². The SMILES string of the molecule is O=C(NCCSc1ccc(Br)cc1)C1CCN(C(=O)Nc2ccccc2)CC1. The molecule has 2 aromatic rings. The number of thioether (sulfide) groups is 1. The van der Waals surface area contributed by atoms with Gasteiger partial charge in [-0.1, -0.05) is 34.1 Å². The number of urea groups is 1. The van der Waals surface area contributed by atoms with Crippen LogP contribution in [0.15, 0.2) is 64.0 Å². The Morgan fingerprint density at radius 1 is 1.04 bits per heavy atom. The number of hydrogen-bond acceptors (Lipinski definition) is 3. The summed E-state index contributed by atoms with van der Waals surface area (Å²) in [4.78, 5) is 27.7. The van der Waals surface area contributed by atoms with Gasteiger partial charge in [0.25, 0.3) is 0 Å². The fourth-order valence-electron chi connectivity index (χ4n) is 3.09. The van der Waals surface area contributed by atoms with E-state index in [9.17, 15) is 9.59 Å². The molecule has 148 valence electrons. The first kappa shape index (κ1) is 20.7. The molecule has 2 aromatic carbocycles. The van der Waals surface area contributed by atoms with Crippen LogP contribution in [0.2, 0.25) is 0 Å². The van der Waals surface area contributed by atoms with Crippen molar-refractivity contribution in [2.45, 2.75) is 17.7 Å². The number of hydrogen-bond donors (Lipinski definition) is 2. The molecule has 0 unspecified atom stereocenters. The van der Waals surface area contributed by atoms with Gasteiger partial charge in [-0.15, -0.1) is 11.8 Å². The van der Waals surface area contributed by atoms with Crippen LogP contribution < -0.4 is 10.6 Å². The van der Waals surface area contributed by atoms with Crippen molar-refractivity contribution in [3.05, 3.63) is 59.1 Å². The number of nitrogens with zero attached hydrogens (tertiary/aromatic N) is 1. The molecule has 1 aliphatic rings. The lowest BCUT2D eigenvalue weighted by Crippen LogP contribution is -2.44. The summed E-state index contributed by atoms with van der Waals surface area (Å²) in [6.45, 7) is 1.85. The maximum atomic E-state index is 12.4. The third kappa shape index (κ3) is 6.27. The maximum Gasteiger partial charge on any atom is 0.321 e. The van der Waals surface area contributed by atoms with E-state index in [1.807, 2.05) is 42.5 Å². The summed E-state index contributed by atoms with van der Waals surface area (Å²) in [5, 5.41) is 5.93. The van der Waals surface area contributed by atoms with Gasteiger partial charge < -0.3 is 15.5 Å². The van der Waals surface area contributed by atoms with Crippen molar-refractivity contribution in [2.75, 3.05) is 30.7 Å². The minimum Gasteiger partial charge on any atom is -0.355 e. The summed E-state index contributed by atoms with van der Waals surface area (Å²) in [6, 6.07) is 17.5. The van der Waals surface area contributed by atoms with Gasteiger partial charge in [0.05, 0.1) is 0 Å². The lowest BCUT2D eigenvalue weighted by molar-refractivity contribution is -0.126. The molecule has 0 saturated carbocycles. The molecule has 0 aliphatic carbocycles. The zero-order valence-corrected chi connectivity index (χ0v) is 18.0. The van der Waals surface area contributed by atoms with Crippen molar-refractivity contribution in [3.8, 4) is 0 Å². The number of rotatable bonds is 6. The van der Waals surface area contributed by atoms with Gasteiger partial charge in [-0.05, 0) is 49.2 Å². The van der Waals surface area contributed by atoms with Gasteiger partial charge in [0.1, 0.15) is 0 Å². The van der Waals surface area contributed by atoms with E-state index in [1.54, 1.807) is 16.7 Å². The summed E-state index contributed by atoms with van der Waals surface area (Å²) >= 11 is 5.15. The van der Waals surface area contributed by atoms with Crippen molar-refractivity contribution in [3.63, 3.8) is 0 Å². The van der Waals surface area contributed by atoms with E-state index < -0.39 is 0 Å². The standard InChI is InChI=1S/C21H24BrN3O2S/c22-17-6-8-19(9-7-17)28-15-12-23-20(26)16-10-13-25(14-11-16)21(27)24-18-4-2-1-3-5-18/h1-9,16H,10-15H2,(H,23,26)(H,24,27). The molecule has 7 heteroatoms. The fourth-order valence-corrected chi connectivity index (χ4v) is 4.12. The number of likely N-dealkylation sites (tertiary alicyclic amines) is 1. The molecule has 28 heavy (non-hydrogen) atoms. The lowest BCUT2D eigenvalue weighted by atomic mass is 9.96. The summed E-state index contributed by atoms with van der Waals surface area (Å²) in [5.74, 6) is 0.920. The molecule has 3 amide bonds. The molecule has 1 fully saturated rings. The quantitative estimate of drug-likeness (QED) is 0.487. The molecule has 1 aliphatic heterocycles. The van der Waals surface area contributed by atoms with Gasteiger partial charge >= 0.3 is 6.03 Å². The average molecular weight is 462 g/mol. The third-order valence-corrected chi connectivity index (χ3v) is 6.20. The highest BCUT2D eigenvalue weighted by molar-refractivity contribution is 9.10. The van der Waals surface area contributed by atoms with Crippen LogP contribution in [0.4, 0.5) is 10.5 Å². The van der Waals surface area contributed by atoms with E-state index in [-0.39, 0.29) is 17.9 Å². The number of piperidine rings is 1. The van der Waals surface area contributed by atoms with E-state index in [4.69, 9.17) is 0 Å². The van der Waals surface area contributed by atoms with Gasteiger partial charge in [-0.25, -0.2) is 4.79 Å². The van der Waals surface area contributed by atoms with Crippen LogP contribution in [-0.2, 0) is 4.79 Å². The zero-order valence-electron chi connectivity index (χ0n) is 15.6. The molecule has 2 N–H and O–H groups in total. The van der Waals surface area contributed by atoms with Crippen LogP contribution >= 0.6 is 27.7 Å². The number of benzene rings is 2. The normalized spacial score (nSPS) is 14.5. The van der Waals surface area contributed by atoms with E-state index in [0.717, 1.165) is 15.9 Å². The van der Waals surface area contributed by atoms with Crippen molar-refractivity contribution in [1.29, 1.82) is 0 Å². The van der Waals surface area contributed by atoms with Crippen LogP contribution in [0.25, 0.3) is 0 Å². The Hall–Kier alpha value is -1.99. The maximum absolute atomic E-state index is 12.4. The fraction of sp³-hybridized carbons (Fsp3) is 0.333. The largest absolute Gasteiger partial charge is 0.355 e. The number of carbonyl (C=O) groups is 2. The summed E-state index contributed by atoms with van der Waals surface area (Å²) in [5.41, 5.74) is 0.788. The van der Waals surface area contributed by atoms with Crippen LogP contribution in [0.3, 0.4) is 0 Å². The highest BCUT2D eigenvalue weighted by Crippen LogP contribution is 2.21. The minimum atomic E-state index is -0.101. The highest BCUT2D eigenvalue weighted by Gasteiger charge is 2.27. The topological polar surface area (TPSA) is 61.4 Å². The van der Waals surface area contributed by atoms with Crippen molar-refractivity contribution in [1.82, 2.24) is 10.2 Å². The predicted molar refractivity (Wildman–Crippen MR) is 118 cm³/mol. The lowest BCUT2D eigenvalue weighted by Gasteiger charge is -2.31. The second kappa shape index (κ2) is 10.5. The molecular weight excluding hydrogens is 438 g/mol. The van der Waals surface area contributed by atoms with E-state index in [2.05, 4.69) is 38.7 Å². The van der Waals surface area contributed by atoms with Gasteiger partial charge in [0, 0.05) is 46.4 Å². The number of carbonyl (C=O) groups excluding carboxylic acids is 2. The third-order valence-electron chi connectivity index (χ3n) is 4.66. The van der Waals surface area contributed by atoms with Crippen LogP contribution in [0, 0.1) is 5.92 Å². The number of halogens is 1. The Balaban J connectivity index is 1.34. The second-order valence-corrected chi connectivity index (χ2v) is 8.73. The van der Waals surface area contributed by atoms with Gasteiger partial charge in [-0.2, -0.15) is 0 Å². The molecule has 3 rings (SSSR count). The molecule has 0 spiro atoms. The van der Waals surface area contributed by atoms with Gasteiger partial charge in [0.2, 0.25) is 5.91 Å². The minimum absolute atomic E-state index is 0.0153. The van der Waals surface area contributed by atoms with Crippen LogP contribution in [-0.4, -0.2) is 42.2 Å². The van der Waals surface area contributed by atoms with Crippen molar-refractivity contribution < 1.29 is 9.59 Å². The monoisotopic (exact) mass is 461 g/mol. The first-order valence-electron chi connectivity index (χ1n) is 9.39. The summed E-state index contributed by atoms with van der Waals surface area (Å²) in [7, 11) is 0. The Morgan fingerprint density at radius 3 is 2.39 bits per heavy atom. The van der Waals surface area contributed by atoms with E-state index >= 15 is 0 Å². The molecule has 5 nitrogen and oxygen atoms in total. The zero-order chi connectivity index (χ0) is 19.8. The van der Waals surface area contributed by atoms with E-state index in [0.29, 0.717) is 32.5 Å². The Kier molecular flexibility index (Phi) is 7.80. The predicted octanol–water partition coefficient (Wildman–Crippen LogP) is 4.60. The Labute approximate surface area is 178 Å².